The van der Waals surface area contributed by atoms with E-state index in [9.17, 15) is 4.79 Å². The van der Waals surface area contributed by atoms with Gasteiger partial charge >= 0.3 is 0 Å². The minimum Gasteiger partial charge on any atom is -0.337 e. The fraction of sp³-hybridized carbons (Fsp3) is 0.375. The molecule has 1 fully saturated rings. The Bertz CT molecular complexity index is 600. The molecule has 0 spiro atoms. The van der Waals surface area contributed by atoms with Crippen LogP contribution in [0.2, 0.25) is 0 Å². The molecule has 2 aromatic rings. The van der Waals surface area contributed by atoms with Gasteiger partial charge in [-0.15, -0.1) is 0 Å². The number of aromatic nitrogens is 2. The van der Waals surface area contributed by atoms with E-state index in [4.69, 9.17) is 0 Å². The van der Waals surface area contributed by atoms with Crippen LogP contribution in [0.15, 0.2) is 42.6 Å². The molecule has 1 aromatic carbocycles. The Hall–Kier alpha value is -2.14. The molecule has 5 nitrogen and oxygen atoms in total. The summed E-state index contributed by atoms with van der Waals surface area (Å²) in [4.78, 5) is 14.6. The van der Waals surface area contributed by atoms with Crippen molar-refractivity contribution in [3.05, 3.63) is 48.3 Å². The third kappa shape index (κ3) is 2.83. The summed E-state index contributed by atoms with van der Waals surface area (Å²) in [6.07, 6.45) is 3.68. The first-order valence-electron chi connectivity index (χ1n) is 7.35. The van der Waals surface area contributed by atoms with Gasteiger partial charge in [-0.05, 0) is 38.1 Å². The largest absolute Gasteiger partial charge is 0.337 e. The van der Waals surface area contributed by atoms with Crippen LogP contribution in [0, 0.1) is 0 Å². The normalized spacial score (nSPS) is 16.1. The predicted octanol–water partition coefficient (Wildman–Crippen LogP) is 1.70. The number of piperidine rings is 1. The zero-order valence-electron chi connectivity index (χ0n) is 12.2. The van der Waals surface area contributed by atoms with Gasteiger partial charge in [0, 0.05) is 19.1 Å². The Kier molecular flexibility index (Phi) is 4.01. The number of amides is 1. The van der Waals surface area contributed by atoms with Crippen molar-refractivity contribution >= 4 is 5.91 Å². The van der Waals surface area contributed by atoms with Crippen LogP contribution in [0.1, 0.15) is 23.3 Å². The molecule has 1 aliphatic heterocycles. The van der Waals surface area contributed by atoms with Crippen LogP contribution in [-0.4, -0.2) is 46.8 Å². The summed E-state index contributed by atoms with van der Waals surface area (Å²) in [6, 6.07) is 12.1. The van der Waals surface area contributed by atoms with E-state index in [2.05, 4.69) is 10.4 Å². The van der Waals surface area contributed by atoms with E-state index >= 15 is 0 Å². The Balaban J connectivity index is 1.79. The van der Waals surface area contributed by atoms with Crippen LogP contribution in [0.3, 0.4) is 0 Å². The lowest BCUT2D eigenvalue weighted by atomic mass is 10.1. The highest BCUT2D eigenvalue weighted by atomic mass is 16.2. The summed E-state index contributed by atoms with van der Waals surface area (Å²) in [7, 11) is 1.98. The quantitative estimate of drug-likeness (QED) is 0.933. The van der Waals surface area contributed by atoms with Crippen molar-refractivity contribution in [1.29, 1.82) is 0 Å². The third-order valence-corrected chi connectivity index (χ3v) is 4.05. The molecule has 2 heterocycles. The first-order valence-corrected chi connectivity index (χ1v) is 7.35. The van der Waals surface area contributed by atoms with E-state index < -0.39 is 0 Å². The van der Waals surface area contributed by atoms with Crippen molar-refractivity contribution in [3.8, 4) is 5.69 Å². The van der Waals surface area contributed by atoms with Gasteiger partial charge in [0.25, 0.3) is 5.91 Å². The number of rotatable bonds is 3. The van der Waals surface area contributed by atoms with Crippen LogP contribution < -0.4 is 5.32 Å². The molecule has 1 aromatic heterocycles. The smallest absolute Gasteiger partial charge is 0.272 e. The lowest BCUT2D eigenvalue weighted by molar-refractivity contribution is 0.0698. The number of nitrogens with one attached hydrogen (secondary N) is 1. The molecule has 0 radical (unpaired) electrons. The Morgan fingerprint density at radius 3 is 2.57 bits per heavy atom. The number of hydrogen-bond donors (Lipinski definition) is 1. The van der Waals surface area contributed by atoms with Crippen molar-refractivity contribution in [1.82, 2.24) is 20.0 Å². The van der Waals surface area contributed by atoms with E-state index in [-0.39, 0.29) is 5.91 Å². The summed E-state index contributed by atoms with van der Waals surface area (Å²) in [5.41, 5.74) is 1.54. The molecule has 1 N–H and O–H groups in total. The van der Waals surface area contributed by atoms with E-state index in [0.29, 0.717) is 11.7 Å². The number of hydrogen-bond acceptors (Lipinski definition) is 3. The van der Waals surface area contributed by atoms with Gasteiger partial charge in [-0.1, -0.05) is 18.2 Å². The lowest BCUT2D eigenvalue weighted by Crippen LogP contribution is -2.44. The van der Waals surface area contributed by atoms with E-state index in [0.717, 1.165) is 31.6 Å². The first-order chi connectivity index (χ1) is 10.3. The van der Waals surface area contributed by atoms with Crippen LogP contribution >= 0.6 is 0 Å². The SMILES string of the molecule is CNC1CCN(C(=O)c2ccnn2-c2ccccc2)CC1. The van der Waals surface area contributed by atoms with Gasteiger partial charge in [0.15, 0.2) is 0 Å². The van der Waals surface area contributed by atoms with Gasteiger partial charge in [0.1, 0.15) is 5.69 Å². The molecule has 0 saturated carbocycles. The molecule has 5 heteroatoms. The maximum atomic E-state index is 12.7. The highest BCUT2D eigenvalue weighted by Crippen LogP contribution is 2.16. The van der Waals surface area contributed by atoms with Gasteiger partial charge in [-0.3, -0.25) is 4.79 Å². The van der Waals surface area contributed by atoms with Crippen LogP contribution in [0.4, 0.5) is 0 Å². The number of benzene rings is 1. The number of carbonyl (C=O) groups excluding carboxylic acids is 1. The first kappa shape index (κ1) is 13.8. The summed E-state index contributed by atoms with van der Waals surface area (Å²) >= 11 is 0. The standard InChI is InChI=1S/C16H20N4O/c1-17-13-8-11-19(12-9-13)16(21)15-7-10-18-20(15)14-5-3-2-4-6-14/h2-7,10,13,17H,8-9,11-12H2,1H3. The molecule has 3 rings (SSSR count). The van der Waals surface area contributed by atoms with Crippen LogP contribution in [0.25, 0.3) is 5.69 Å². The Morgan fingerprint density at radius 2 is 1.90 bits per heavy atom. The molecule has 0 unspecified atom stereocenters. The molecule has 0 aliphatic carbocycles. The second-order valence-corrected chi connectivity index (χ2v) is 5.32. The minimum absolute atomic E-state index is 0.0610. The maximum Gasteiger partial charge on any atom is 0.272 e. The molecule has 0 atom stereocenters. The fourth-order valence-electron chi connectivity index (χ4n) is 2.77. The summed E-state index contributed by atoms with van der Waals surface area (Å²) in [5.74, 6) is 0.0610. The number of para-hydroxylation sites is 1. The summed E-state index contributed by atoms with van der Waals surface area (Å²) < 4.78 is 1.71. The second kappa shape index (κ2) is 6.10. The zero-order valence-corrected chi connectivity index (χ0v) is 12.2. The monoisotopic (exact) mass is 284 g/mol. The van der Waals surface area contributed by atoms with Gasteiger partial charge < -0.3 is 10.2 Å². The Morgan fingerprint density at radius 1 is 1.19 bits per heavy atom. The fourth-order valence-corrected chi connectivity index (χ4v) is 2.77. The molecule has 1 aliphatic rings. The maximum absolute atomic E-state index is 12.7. The molecular weight excluding hydrogens is 264 g/mol. The predicted molar refractivity (Wildman–Crippen MR) is 81.5 cm³/mol. The summed E-state index contributed by atoms with van der Waals surface area (Å²) in [6.45, 7) is 1.59. The van der Waals surface area contributed by atoms with Crippen molar-refractivity contribution < 1.29 is 4.79 Å². The van der Waals surface area contributed by atoms with Gasteiger partial charge in [-0.25, -0.2) is 4.68 Å². The topological polar surface area (TPSA) is 50.2 Å². The van der Waals surface area contributed by atoms with E-state index in [1.54, 1.807) is 16.9 Å². The lowest BCUT2D eigenvalue weighted by Gasteiger charge is -2.31. The molecule has 110 valence electrons. The molecule has 1 saturated heterocycles. The zero-order chi connectivity index (χ0) is 14.7. The van der Waals surface area contributed by atoms with Crippen LogP contribution in [0.5, 0.6) is 0 Å². The van der Waals surface area contributed by atoms with Crippen LogP contribution in [-0.2, 0) is 0 Å². The number of carbonyl (C=O) groups is 1. The molecule has 0 bridgehead atoms. The van der Waals surface area contributed by atoms with Gasteiger partial charge in [-0.2, -0.15) is 5.10 Å². The molecule has 1 amide bonds. The highest BCUT2D eigenvalue weighted by Gasteiger charge is 2.25. The molecular formula is C16H20N4O. The highest BCUT2D eigenvalue weighted by molar-refractivity contribution is 5.93. The average Bonchev–Trinajstić information content (AvgIpc) is 3.04. The van der Waals surface area contributed by atoms with Crippen molar-refractivity contribution in [2.75, 3.05) is 20.1 Å². The Labute approximate surface area is 124 Å². The third-order valence-electron chi connectivity index (χ3n) is 4.05. The minimum atomic E-state index is 0.0610. The number of likely N-dealkylation sites (tertiary alicyclic amines) is 1. The van der Waals surface area contributed by atoms with E-state index in [1.165, 1.54) is 0 Å². The summed E-state index contributed by atoms with van der Waals surface area (Å²) in [5, 5.41) is 7.57. The average molecular weight is 284 g/mol. The van der Waals surface area contributed by atoms with Crippen molar-refractivity contribution in [2.45, 2.75) is 18.9 Å². The second-order valence-electron chi connectivity index (χ2n) is 5.32. The van der Waals surface area contributed by atoms with E-state index in [1.807, 2.05) is 42.3 Å². The van der Waals surface area contributed by atoms with Gasteiger partial charge in [0.05, 0.1) is 11.9 Å². The van der Waals surface area contributed by atoms with Crippen molar-refractivity contribution in [2.24, 2.45) is 0 Å². The van der Waals surface area contributed by atoms with Gasteiger partial charge in [0.2, 0.25) is 0 Å². The van der Waals surface area contributed by atoms with Crippen molar-refractivity contribution in [3.63, 3.8) is 0 Å². The number of nitrogens with zero attached hydrogens (tertiary/aromatic N) is 3. The molecule has 21 heavy (non-hydrogen) atoms.